The molecule has 0 aliphatic rings. The van der Waals surface area contributed by atoms with E-state index in [9.17, 15) is 9.59 Å². The predicted molar refractivity (Wildman–Crippen MR) is 48.1 cm³/mol. The van der Waals surface area contributed by atoms with Gasteiger partial charge in [-0.25, -0.2) is 5.06 Å². The van der Waals surface area contributed by atoms with E-state index in [4.69, 9.17) is 7.85 Å². The Kier molecular flexibility index (Phi) is 5.14. The van der Waals surface area contributed by atoms with Gasteiger partial charge in [0.15, 0.2) is 5.81 Å². The van der Waals surface area contributed by atoms with Crippen molar-refractivity contribution in [2.45, 2.75) is 19.4 Å². The van der Waals surface area contributed by atoms with Crippen molar-refractivity contribution in [1.29, 1.82) is 0 Å². The van der Waals surface area contributed by atoms with Crippen LogP contribution in [0.2, 0.25) is 0 Å². The fourth-order valence-corrected chi connectivity index (χ4v) is 0.820. The van der Waals surface area contributed by atoms with Crippen molar-refractivity contribution >= 4 is 19.6 Å². The van der Waals surface area contributed by atoms with Crippen molar-refractivity contribution in [1.82, 2.24) is 10.4 Å². The SMILES string of the molecule is [B]C(=O)NC(CC)C(=O)N(C)OC. The Balaban J connectivity index is 4.22. The van der Waals surface area contributed by atoms with Crippen LogP contribution in [0.3, 0.4) is 0 Å². The van der Waals surface area contributed by atoms with Gasteiger partial charge in [0.05, 0.1) is 7.11 Å². The fraction of sp³-hybridized carbons (Fsp3) is 0.714. The maximum atomic E-state index is 11.4. The number of amides is 2. The summed E-state index contributed by atoms with van der Waals surface area (Å²) in [6.07, 6.45) is 0.468. The molecule has 72 valence electrons. The number of carbonyl (C=O) groups excluding carboxylic acids is 2. The van der Waals surface area contributed by atoms with Gasteiger partial charge in [-0.05, 0) is 6.42 Å². The maximum absolute atomic E-state index is 11.4. The Hall–Kier alpha value is -1.04. The van der Waals surface area contributed by atoms with Gasteiger partial charge in [-0.3, -0.25) is 14.4 Å². The molecule has 0 aromatic rings. The van der Waals surface area contributed by atoms with E-state index in [1.165, 1.54) is 14.2 Å². The van der Waals surface area contributed by atoms with Gasteiger partial charge in [0.25, 0.3) is 5.91 Å². The molecule has 2 amide bonds. The highest BCUT2D eigenvalue weighted by Gasteiger charge is 2.20. The van der Waals surface area contributed by atoms with Gasteiger partial charge >= 0.3 is 0 Å². The summed E-state index contributed by atoms with van der Waals surface area (Å²) in [5, 5.41) is 3.36. The minimum Gasteiger partial charge on any atom is -0.354 e. The van der Waals surface area contributed by atoms with Gasteiger partial charge in [0, 0.05) is 7.05 Å². The largest absolute Gasteiger partial charge is 0.354 e. The molecule has 0 aromatic heterocycles. The third-order valence-electron chi connectivity index (χ3n) is 1.61. The lowest BCUT2D eigenvalue weighted by atomic mass is 10.1. The topological polar surface area (TPSA) is 58.6 Å². The lowest BCUT2D eigenvalue weighted by molar-refractivity contribution is -0.170. The molecule has 1 N–H and O–H groups in total. The quantitative estimate of drug-likeness (QED) is 0.480. The van der Waals surface area contributed by atoms with E-state index in [1.807, 2.05) is 0 Å². The molecule has 2 radical (unpaired) electrons. The highest BCUT2D eigenvalue weighted by atomic mass is 16.7. The average molecular weight is 184 g/mol. The summed E-state index contributed by atoms with van der Waals surface area (Å²) in [6.45, 7) is 1.77. The molecule has 0 aliphatic carbocycles. The molecule has 0 saturated heterocycles. The van der Waals surface area contributed by atoms with Crippen LogP contribution >= 0.6 is 0 Å². The van der Waals surface area contributed by atoms with Crippen LogP contribution in [0.15, 0.2) is 0 Å². The van der Waals surface area contributed by atoms with Crippen LogP contribution in [-0.2, 0) is 9.63 Å². The first kappa shape index (κ1) is 12.0. The van der Waals surface area contributed by atoms with E-state index in [2.05, 4.69) is 10.2 Å². The molecule has 0 aliphatic heterocycles. The Morgan fingerprint density at radius 2 is 2.15 bits per heavy atom. The predicted octanol–water partition coefficient (Wildman–Crippen LogP) is -0.337. The fourth-order valence-electron chi connectivity index (χ4n) is 0.820. The molecule has 0 heterocycles. The highest BCUT2D eigenvalue weighted by Crippen LogP contribution is 1.97. The number of nitrogens with one attached hydrogen (secondary N) is 1. The van der Waals surface area contributed by atoms with Crippen LogP contribution in [-0.4, -0.2) is 44.8 Å². The summed E-state index contributed by atoms with van der Waals surface area (Å²) in [6, 6.07) is -0.623. The zero-order chi connectivity index (χ0) is 10.4. The Morgan fingerprint density at radius 1 is 1.62 bits per heavy atom. The summed E-state index contributed by atoms with van der Waals surface area (Å²) >= 11 is 0. The van der Waals surface area contributed by atoms with E-state index in [0.29, 0.717) is 6.42 Å². The number of hydrogen-bond acceptors (Lipinski definition) is 3. The lowest BCUT2D eigenvalue weighted by Crippen LogP contribution is -2.46. The third-order valence-corrected chi connectivity index (χ3v) is 1.61. The van der Waals surface area contributed by atoms with E-state index < -0.39 is 11.8 Å². The van der Waals surface area contributed by atoms with Crippen LogP contribution in [0.5, 0.6) is 0 Å². The van der Waals surface area contributed by atoms with Crippen LogP contribution in [0.25, 0.3) is 0 Å². The molecule has 0 spiro atoms. The molecule has 0 rings (SSSR count). The summed E-state index contributed by atoms with van der Waals surface area (Å²) in [5.74, 6) is -1.05. The molecule has 13 heavy (non-hydrogen) atoms. The molecule has 0 aromatic carbocycles. The van der Waals surface area contributed by atoms with E-state index in [-0.39, 0.29) is 5.91 Å². The van der Waals surface area contributed by atoms with Crippen molar-refractivity contribution in [3.05, 3.63) is 0 Å². The van der Waals surface area contributed by atoms with Gasteiger partial charge in [0.1, 0.15) is 6.04 Å². The third kappa shape index (κ3) is 3.94. The molecular weight excluding hydrogens is 171 g/mol. The summed E-state index contributed by atoms with van der Waals surface area (Å²) in [4.78, 5) is 26.5. The van der Waals surface area contributed by atoms with Gasteiger partial charge in [-0.1, -0.05) is 6.92 Å². The smallest absolute Gasteiger partial charge is 0.268 e. The van der Waals surface area contributed by atoms with E-state index in [0.717, 1.165) is 5.06 Å². The van der Waals surface area contributed by atoms with Gasteiger partial charge < -0.3 is 5.32 Å². The number of hydroxylamine groups is 2. The van der Waals surface area contributed by atoms with Crippen LogP contribution < -0.4 is 5.32 Å². The molecular formula is C7H13BN2O3. The van der Waals surface area contributed by atoms with Crippen molar-refractivity contribution in [3.8, 4) is 0 Å². The number of nitrogens with zero attached hydrogens (tertiary/aromatic N) is 1. The standard InChI is InChI=1S/C7H13BN2O3/c1-4-5(9-7(8)12)6(11)10(2)13-3/h5H,4H2,1-3H3,(H,9,12). The van der Waals surface area contributed by atoms with Gasteiger partial charge in [-0.15, -0.1) is 0 Å². The number of rotatable bonds is 4. The Morgan fingerprint density at radius 3 is 2.46 bits per heavy atom. The number of carbonyl (C=O) groups is 2. The van der Waals surface area contributed by atoms with Crippen molar-refractivity contribution in [3.63, 3.8) is 0 Å². The molecule has 1 unspecified atom stereocenters. The second-order valence-corrected chi connectivity index (χ2v) is 2.49. The highest BCUT2D eigenvalue weighted by molar-refractivity contribution is 6.57. The molecule has 1 atom stereocenters. The normalized spacial score (nSPS) is 11.9. The van der Waals surface area contributed by atoms with Crippen molar-refractivity contribution < 1.29 is 14.4 Å². The second kappa shape index (κ2) is 5.58. The Labute approximate surface area is 78.8 Å². The van der Waals surface area contributed by atoms with Crippen molar-refractivity contribution in [2.24, 2.45) is 0 Å². The van der Waals surface area contributed by atoms with Crippen LogP contribution in [0, 0.1) is 0 Å². The van der Waals surface area contributed by atoms with E-state index in [1.54, 1.807) is 6.92 Å². The monoisotopic (exact) mass is 184 g/mol. The van der Waals surface area contributed by atoms with Crippen molar-refractivity contribution in [2.75, 3.05) is 14.2 Å². The molecule has 6 heteroatoms. The molecule has 0 saturated carbocycles. The summed E-state index contributed by atoms with van der Waals surface area (Å²) in [5.41, 5.74) is 0. The average Bonchev–Trinajstić information content (AvgIpc) is 2.11. The first-order chi connectivity index (χ1) is 6.02. The van der Waals surface area contributed by atoms with Crippen LogP contribution in [0.1, 0.15) is 13.3 Å². The zero-order valence-electron chi connectivity index (χ0n) is 8.03. The number of likely N-dealkylation sites (N-methyl/N-ethyl adjacent to an activating group) is 1. The van der Waals surface area contributed by atoms with E-state index >= 15 is 0 Å². The molecule has 0 bridgehead atoms. The van der Waals surface area contributed by atoms with Gasteiger partial charge in [0.2, 0.25) is 7.85 Å². The first-order valence-corrected chi connectivity index (χ1v) is 3.90. The van der Waals surface area contributed by atoms with Crippen LogP contribution in [0.4, 0.5) is 4.79 Å². The minimum absolute atomic E-state index is 0.330. The maximum Gasteiger partial charge on any atom is 0.268 e. The minimum atomic E-state index is -0.718. The molecule has 0 fully saturated rings. The second-order valence-electron chi connectivity index (χ2n) is 2.49. The zero-order valence-corrected chi connectivity index (χ0v) is 8.03. The van der Waals surface area contributed by atoms with Gasteiger partial charge in [-0.2, -0.15) is 0 Å². The lowest BCUT2D eigenvalue weighted by Gasteiger charge is -2.21. The summed E-state index contributed by atoms with van der Waals surface area (Å²) in [7, 11) is 7.72. The Bertz CT molecular complexity index is 198. The first-order valence-electron chi connectivity index (χ1n) is 3.90. The number of hydrogen-bond donors (Lipinski definition) is 1. The molecule has 5 nitrogen and oxygen atoms in total. The summed E-state index contributed by atoms with van der Waals surface area (Å²) < 4.78 is 0.